The summed E-state index contributed by atoms with van der Waals surface area (Å²) in [4.78, 5) is 33.0. The summed E-state index contributed by atoms with van der Waals surface area (Å²) < 4.78 is 5.72. The first kappa shape index (κ1) is 18.7. The zero-order chi connectivity index (χ0) is 20.0. The Hall–Kier alpha value is -2.68. The maximum Gasteiger partial charge on any atom is 0.289 e. The Morgan fingerprint density at radius 3 is 2.39 bits per heavy atom. The molecular formula is C19H26N6O3. The molecule has 2 saturated heterocycles. The average Bonchev–Trinajstić information content (AvgIpc) is 3.42. The molecule has 2 aromatic heterocycles. The first-order valence-corrected chi connectivity index (χ1v) is 9.64. The number of aromatic nitrogens is 3. The van der Waals surface area contributed by atoms with Crippen molar-refractivity contribution in [1.82, 2.24) is 29.7 Å². The molecule has 0 aromatic carbocycles. The van der Waals surface area contributed by atoms with Gasteiger partial charge in [-0.05, 0) is 46.5 Å². The van der Waals surface area contributed by atoms with E-state index < -0.39 is 0 Å². The van der Waals surface area contributed by atoms with Gasteiger partial charge in [-0.15, -0.1) is 5.10 Å². The van der Waals surface area contributed by atoms with E-state index in [1.54, 1.807) is 13.0 Å². The van der Waals surface area contributed by atoms with Gasteiger partial charge in [-0.3, -0.25) is 9.59 Å². The first-order chi connectivity index (χ1) is 13.4. The molecule has 0 N–H and O–H groups in total. The summed E-state index contributed by atoms with van der Waals surface area (Å²) in [5.41, 5.74) is 1.05. The summed E-state index contributed by atoms with van der Waals surface area (Å²) in [7, 11) is 3.91. The number of carbonyl (C=O) groups is 2. The molecule has 28 heavy (non-hydrogen) atoms. The van der Waals surface area contributed by atoms with Gasteiger partial charge in [0.15, 0.2) is 11.5 Å². The summed E-state index contributed by atoms with van der Waals surface area (Å²) in [6.45, 7) is 6.08. The van der Waals surface area contributed by atoms with Crippen LogP contribution >= 0.6 is 0 Å². The van der Waals surface area contributed by atoms with Crippen LogP contribution in [0.25, 0.3) is 0 Å². The molecule has 0 saturated carbocycles. The standard InChI is InChI=1S/C19H26N6O3/c1-5-25-20-12(2)17(21-25)19(27)24-10-13-8-14(24)9-23(13)18(26)16-7-6-15(28-16)11-22(3)4/h6-7,13-14H,5,8-11H2,1-4H3/t13-,14-/m0/s1. The van der Waals surface area contributed by atoms with Gasteiger partial charge >= 0.3 is 0 Å². The highest BCUT2D eigenvalue weighted by atomic mass is 16.4. The lowest BCUT2D eigenvalue weighted by atomic mass is 10.2. The van der Waals surface area contributed by atoms with Gasteiger partial charge in [-0.25, -0.2) is 0 Å². The number of amides is 2. The molecule has 4 heterocycles. The number of likely N-dealkylation sites (tertiary alicyclic amines) is 2. The normalized spacial score (nSPS) is 21.2. The fraction of sp³-hybridized carbons (Fsp3) is 0.579. The van der Waals surface area contributed by atoms with E-state index in [-0.39, 0.29) is 23.9 Å². The molecule has 2 bridgehead atoms. The van der Waals surface area contributed by atoms with Crippen molar-refractivity contribution in [3.8, 4) is 0 Å². The molecule has 150 valence electrons. The van der Waals surface area contributed by atoms with Crippen LogP contribution in [0, 0.1) is 6.92 Å². The fourth-order valence-corrected chi connectivity index (χ4v) is 4.10. The van der Waals surface area contributed by atoms with Gasteiger partial charge in [0.25, 0.3) is 11.8 Å². The molecule has 4 rings (SSSR count). The highest BCUT2D eigenvalue weighted by Crippen LogP contribution is 2.33. The van der Waals surface area contributed by atoms with Crippen LogP contribution in [0.15, 0.2) is 16.5 Å². The number of rotatable bonds is 5. The third-order valence-electron chi connectivity index (χ3n) is 5.42. The topological polar surface area (TPSA) is 87.7 Å². The zero-order valence-corrected chi connectivity index (χ0v) is 16.8. The van der Waals surface area contributed by atoms with E-state index in [4.69, 9.17) is 4.42 Å². The molecule has 0 unspecified atom stereocenters. The number of hydrogen-bond donors (Lipinski definition) is 0. The van der Waals surface area contributed by atoms with Gasteiger partial charge in [0.05, 0.1) is 30.9 Å². The van der Waals surface area contributed by atoms with Crippen molar-refractivity contribution < 1.29 is 14.0 Å². The Kier molecular flexibility index (Phi) is 4.70. The van der Waals surface area contributed by atoms with Crippen LogP contribution in [0.5, 0.6) is 0 Å². The van der Waals surface area contributed by atoms with Crippen LogP contribution in [-0.4, -0.2) is 80.8 Å². The predicted octanol–water partition coefficient (Wildman–Crippen LogP) is 1.00. The highest BCUT2D eigenvalue weighted by molar-refractivity contribution is 5.95. The third-order valence-corrected chi connectivity index (χ3v) is 5.42. The van der Waals surface area contributed by atoms with Crippen molar-refractivity contribution in [3.63, 3.8) is 0 Å². The summed E-state index contributed by atoms with van der Waals surface area (Å²) >= 11 is 0. The van der Waals surface area contributed by atoms with E-state index in [0.29, 0.717) is 43.3 Å². The summed E-state index contributed by atoms with van der Waals surface area (Å²) in [5.74, 6) is 0.939. The average molecular weight is 386 g/mol. The number of piperazine rings is 1. The van der Waals surface area contributed by atoms with Crippen molar-refractivity contribution in [2.45, 2.75) is 45.4 Å². The van der Waals surface area contributed by atoms with Crippen molar-refractivity contribution in [1.29, 1.82) is 0 Å². The van der Waals surface area contributed by atoms with Crippen LogP contribution < -0.4 is 0 Å². The minimum absolute atomic E-state index is 0.0174. The summed E-state index contributed by atoms with van der Waals surface area (Å²) in [6, 6.07) is 3.62. The molecule has 2 amide bonds. The van der Waals surface area contributed by atoms with Gasteiger partial charge in [0.2, 0.25) is 0 Å². The monoisotopic (exact) mass is 386 g/mol. The van der Waals surface area contributed by atoms with E-state index in [1.165, 1.54) is 4.80 Å². The molecule has 2 aromatic rings. The Bertz CT molecular complexity index is 901. The number of aryl methyl sites for hydroxylation is 2. The van der Waals surface area contributed by atoms with E-state index >= 15 is 0 Å². The molecule has 9 nitrogen and oxygen atoms in total. The van der Waals surface area contributed by atoms with Crippen molar-refractivity contribution in [2.24, 2.45) is 0 Å². The van der Waals surface area contributed by atoms with E-state index in [9.17, 15) is 9.59 Å². The lowest BCUT2D eigenvalue weighted by Gasteiger charge is -2.33. The lowest BCUT2D eigenvalue weighted by molar-refractivity contribution is 0.0504. The third kappa shape index (κ3) is 3.19. The first-order valence-electron chi connectivity index (χ1n) is 9.64. The second kappa shape index (κ2) is 7.05. The van der Waals surface area contributed by atoms with Crippen LogP contribution in [0.1, 0.15) is 45.8 Å². The predicted molar refractivity (Wildman–Crippen MR) is 101 cm³/mol. The fourth-order valence-electron chi connectivity index (χ4n) is 4.10. The molecule has 0 radical (unpaired) electrons. The van der Waals surface area contributed by atoms with Crippen molar-refractivity contribution in [2.75, 3.05) is 27.2 Å². The minimum atomic E-state index is -0.0993. The Labute approximate surface area is 163 Å². The smallest absolute Gasteiger partial charge is 0.289 e. The number of hydrogen-bond acceptors (Lipinski definition) is 6. The molecular weight excluding hydrogens is 360 g/mol. The number of fused-ring (bicyclic) bond motifs is 2. The van der Waals surface area contributed by atoms with Crippen LogP contribution in [0.3, 0.4) is 0 Å². The lowest BCUT2D eigenvalue weighted by Crippen LogP contribution is -2.50. The van der Waals surface area contributed by atoms with E-state index in [1.807, 2.05) is 41.8 Å². The molecule has 2 fully saturated rings. The number of furan rings is 1. The maximum absolute atomic E-state index is 12.9. The second-order valence-electron chi connectivity index (χ2n) is 7.78. The number of nitrogens with zero attached hydrogens (tertiary/aromatic N) is 6. The van der Waals surface area contributed by atoms with E-state index in [2.05, 4.69) is 10.2 Å². The second-order valence-corrected chi connectivity index (χ2v) is 7.78. The van der Waals surface area contributed by atoms with Crippen molar-refractivity contribution in [3.05, 3.63) is 35.0 Å². The minimum Gasteiger partial charge on any atom is -0.455 e. The van der Waals surface area contributed by atoms with E-state index in [0.717, 1.165) is 12.2 Å². The SMILES string of the molecule is CCn1nc(C)c(C(=O)N2C[C@@H]3C[C@H]2CN3C(=O)c2ccc(CN(C)C)o2)n1. The van der Waals surface area contributed by atoms with Gasteiger partial charge in [-0.2, -0.15) is 9.90 Å². The van der Waals surface area contributed by atoms with Gasteiger partial charge in [0, 0.05) is 13.1 Å². The summed E-state index contributed by atoms with van der Waals surface area (Å²) in [6.07, 6.45) is 0.795. The largest absolute Gasteiger partial charge is 0.455 e. The summed E-state index contributed by atoms with van der Waals surface area (Å²) in [5, 5.41) is 8.57. The molecule has 2 aliphatic heterocycles. The molecule has 2 atom stereocenters. The van der Waals surface area contributed by atoms with Crippen LogP contribution in [0.2, 0.25) is 0 Å². The Morgan fingerprint density at radius 1 is 1.14 bits per heavy atom. The van der Waals surface area contributed by atoms with Gasteiger partial charge < -0.3 is 19.1 Å². The Morgan fingerprint density at radius 2 is 1.82 bits per heavy atom. The molecule has 9 heteroatoms. The van der Waals surface area contributed by atoms with Crippen molar-refractivity contribution >= 4 is 11.8 Å². The zero-order valence-electron chi connectivity index (χ0n) is 16.8. The van der Waals surface area contributed by atoms with Gasteiger partial charge in [0.1, 0.15) is 5.76 Å². The van der Waals surface area contributed by atoms with Crippen LogP contribution in [-0.2, 0) is 13.1 Å². The number of carbonyl (C=O) groups excluding carboxylic acids is 2. The van der Waals surface area contributed by atoms with Gasteiger partial charge in [-0.1, -0.05) is 0 Å². The quantitative estimate of drug-likeness (QED) is 0.762. The van der Waals surface area contributed by atoms with Crippen LogP contribution in [0.4, 0.5) is 0 Å². The molecule has 0 aliphatic carbocycles. The maximum atomic E-state index is 12.9. The molecule has 0 spiro atoms. The highest BCUT2D eigenvalue weighted by Gasteiger charge is 2.48. The Balaban J connectivity index is 1.43. The molecule has 2 aliphatic rings.